The first kappa shape index (κ1) is 7.70. The standard InChI is InChI=1S/C7H15N/c1-4-6-7(5-2)8-3/h4,6-8H,5H2,1-3H3/b6-4+/t7-/m1/s1. The molecule has 0 heterocycles. The molecule has 8 heavy (non-hydrogen) atoms. The Labute approximate surface area is 51.8 Å². The van der Waals surface area contributed by atoms with Crippen LogP contribution in [0.5, 0.6) is 0 Å². The van der Waals surface area contributed by atoms with Gasteiger partial charge in [0.05, 0.1) is 0 Å². The molecule has 0 aromatic carbocycles. The van der Waals surface area contributed by atoms with Crippen molar-refractivity contribution in [1.82, 2.24) is 5.32 Å². The molecule has 0 aliphatic heterocycles. The summed E-state index contributed by atoms with van der Waals surface area (Å²) in [6, 6.07) is 0.569. The molecule has 0 radical (unpaired) electrons. The maximum atomic E-state index is 3.17. The summed E-state index contributed by atoms with van der Waals surface area (Å²) < 4.78 is 0. The van der Waals surface area contributed by atoms with Gasteiger partial charge in [0.25, 0.3) is 0 Å². The summed E-state index contributed by atoms with van der Waals surface area (Å²) >= 11 is 0. The van der Waals surface area contributed by atoms with E-state index in [2.05, 4.69) is 24.4 Å². The van der Waals surface area contributed by atoms with Gasteiger partial charge in [-0.1, -0.05) is 19.1 Å². The molecule has 0 spiro atoms. The number of allylic oxidation sites excluding steroid dienone is 1. The molecule has 0 fully saturated rings. The highest BCUT2D eigenvalue weighted by Gasteiger charge is 1.91. The third-order valence-electron chi connectivity index (χ3n) is 1.24. The minimum Gasteiger partial charge on any atom is -0.314 e. The lowest BCUT2D eigenvalue weighted by molar-refractivity contribution is 0.647. The molecule has 0 saturated heterocycles. The van der Waals surface area contributed by atoms with Crippen molar-refractivity contribution in [1.29, 1.82) is 0 Å². The molecular formula is C7H15N. The summed E-state index contributed by atoms with van der Waals surface area (Å²) in [6.45, 7) is 4.21. The number of rotatable bonds is 3. The first-order valence-corrected chi connectivity index (χ1v) is 3.15. The van der Waals surface area contributed by atoms with Crippen LogP contribution in [0.4, 0.5) is 0 Å². The summed E-state index contributed by atoms with van der Waals surface area (Å²) in [6.07, 6.45) is 5.41. The minimum absolute atomic E-state index is 0.569. The van der Waals surface area contributed by atoms with Crippen molar-refractivity contribution in [2.45, 2.75) is 26.3 Å². The van der Waals surface area contributed by atoms with Gasteiger partial charge in [-0.15, -0.1) is 0 Å². The van der Waals surface area contributed by atoms with Crippen LogP contribution in [0.2, 0.25) is 0 Å². The summed E-state index contributed by atoms with van der Waals surface area (Å²) in [7, 11) is 1.98. The van der Waals surface area contributed by atoms with Crippen molar-refractivity contribution in [3.05, 3.63) is 12.2 Å². The predicted octanol–water partition coefficient (Wildman–Crippen LogP) is 1.56. The van der Waals surface area contributed by atoms with Gasteiger partial charge in [0, 0.05) is 6.04 Å². The van der Waals surface area contributed by atoms with Gasteiger partial charge in [0.2, 0.25) is 0 Å². The van der Waals surface area contributed by atoms with Crippen molar-refractivity contribution >= 4 is 0 Å². The number of hydrogen-bond acceptors (Lipinski definition) is 1. The van der Waals surface area contributed by atoms with Gasteiger partial charge < -0.3 is 5.32 Å². The van der Waals surface area contributed by atoms with Gasteiger partial charge in [-0.3, -0.25) is 0 Å². The fourth-order valence-corrected chi connectivity index (χ4v) is 0.669. The lowest BCUT2D eigenvalue weighted by Crippen LogP contribution is -2.20. The van der Waals surface area contributed by atoms with Crippen LogP contribution in [0.1, 0.15) is 20.3 Å². The maximum absolute atomic E-state index is 3.17. The molecule has 1 N–H and O–H groups in total. The molecule has 0 amide bonds. The summed E-state index contributed by atoms with van der Waals surface area (Å²) in [5.41, 5.74) is 0. The topological polar surface area (TPSA) is 12.0 Å². The summed E-state index contributed by atoms with van der Waals surface area (Å²) in [5, 5.41) is 3.17. The smallest absolute Gasteiger partial charge is 0.0244 e. The highest BCUT2D eigenvalue weighted by atomic mass is 14.8. The van der Waals surface area contributed by atoms with Gasteiger partial charge in [-0.25, -0.2) is 0 Å². The zero-order valence-corrected chi connectivity index (χ0v) is 5.94. The van der Waals surface area contributed by atoms with Crippen molar-refractivity contribution < 1.29 is 0 Å². The van der Waals surface area contributed by atoms with Crippen LogP contribution in [0.15, 0.2) is 12.2 Å². The Morgan fingerprint density at radius 2 is 2.25 bits per heavy atom. The Morgan fingerprint density at radius 1 is 1.62 bits per heavy atom. The zero-order valence-electron chi connectivity index (χ0n) is 5.94. The SMILES string of the molecule is C/C=C/[C@@H](CC)NC. The number of likely N-dealkylation sites (N-methyl/N-ethyl adjacent to an activating group) is 1. The second-order valence-corrected chi connectivity index (χ2v) is 1.83. The van der Waals surface area contributed by atoms with E-state index in [1.165, 1.54) is 6.42 Å². The molecule has 48 valence electrons. The predicted molar refractivity (Wildman–Crippen MR) is 38.0 cm³/mol. The molecule has 0 aromatic heterocycles. The van der Waals surface area contributed by atoms with Gasteiger partial charge in [0.1, 0.15) is 0 Å². The minimum atomic E-state index is 0.569. The quantitative estimate of drug-likeness (QED) is 0.548. The largest absolute Gasteiger partial charge is 0.314 e. The lowest BCUT2D eigenvalue weighted by Gasteiger charge is -2.05. The fraction of sp³-hybridized carbons (Fsp3) is 0.714. The van der Waals surface area contributed by atoms with Gasteiger partial charge in [-0.05, 0) is 20.4 Å². The Bertz CT molecular complexity index is 62.8. The van der Waals surface area contributed by atoms with Crippen LogP contribution in [-0.2, 0) is 0 Å². The molecule has 0 aliphatic rings. The van der Waals surface area contributed by atoms with Crippen LogP contribution >= 0.6 is 0 Å². The van der Waals surface area contributed by atoms with Crippen molar-refractivity contribution in [2.75, 3.05) is 7.05 Å². The molecular weight excluding hydrogens is 98.1 g/mol. The Balaban J connectivity index is 3.36. The zero-order chi connectivity index (χ0) is 6.41. The van der Waals surface area contributed by atoms with Gasteiger partial charge in [0.15, 0.2) is 0 Å². The Hall–Kier alpha value is -0.300. The molecule has 1 heteroatoms. The molecule has 1 atom stereocenters. The van der Waals surface area contributed by atoms with Crippen LogP contribution < -0.4 is 5.32 Å². The Morgan fingerprint density at radius 3 is 2.38 bits per heavy atom. The highest BCUT2D eigenvalue weighted by molar-refractivity contribution is 4.88. The fourth-order valence-electron chi connectivity index (χ4n) is 0.669. The molecule has 1 nitrogen and oxygen atoms in total. The van der Waals surface area contributed by atoms with Crippen LogP contribution in [-0.4, -0.2) is 13.1 Å². The summed E-state index contributed by atoms with van der Waals surface area (Å²) in [5.74, 6) is 0. The molecule has 0 saturated carbocycles. The average molecular weight is 113 g/mol. The van der Waals surface area contributed by atoms with Gasteiger partial charge >= 0.3 is 0 Å². The van der Waals surface area contributed by atoms with Gasteiger partial charge in [-0.2, -0.15) is 0 Å². The molecule has 0 aliphatic carbocycles. The van der Waals surface area contributed by atoms with E-state index in [0.29, 0.717) is 6.04 Å². The van der Waals surface area contributed by atoms with E-state index < -0.39 is 0 Å². The average Bonchev–Trinajstić information content (AvgIpc) is 1.83. The first-order valence-electron chi connectivity index (χ1n) is 3.15. The second kappa shape index (κ2) is 4.85. The van der Waals surface area contributed by atoms with Crippen LogP contribution in [0.25, 0.3) is 0 Å². The van der Waals surface area contributed by atoms with E-state index in [1.54, 1.807) is 0 Å². The van der Waals surface area contributed by atoms with Crippen molar-refractivity contribution in [3.8, 4) is 0 Å². The third kappa shape index (κ3) is 2.80. The monoisotopic (exact) mass is 113 g/mol. The molecule has 0 aromatic rings. The summed E-state index contributed by atoms with van der Waals surface area (Å²) in [4.78, 5) is 0. The normalized spacial score (nSPS) is 14.9. The Kier molecular flexibility index (Phi) is 4.67. The number of nitrogens with one attached hydrogen (secondary N) is 1. The highest BCUT2D eigenvalue weighted by Crippen LogP contribution is 1.89. The van der Waals surface area contributed by atoms with Crippen molar-refractivity contribution in [2.24, 2.45) is 0 Å². The number of hydrogen-bond donors (Lipinski definition) is 1. The first-order chi connectivity index (χ1) is 3.85. The van der Waals surface area contributed by atoms with Crippen molar-refractivity contribution in [3.63, 3.8) is 0 Å². The molecule has 0 unspecified atom stereocenters. The second-order valence-electron chi connectivity index (χ2n) is 1.83. The van der Waals surface area contributed by atoms with E-state index in [1.807, 2.05) is 14.0 Å². The third-order valence-corrected chi connectivity index (χ3v) is 1.24. The van der Waals surface area contributed by atoms with Crippen LogP contribution in [0.3, 0.4) is 0 Å². The molecule has 0 rings (SSSR count). The van der Waals surface area contributed by atoms with Crippen LogP contribution in [0, 0.1) is 0 Å². The van der Waals surface area contributed by atoms with E-state index >= 15 is 0 Å². The van der Waals surface area contributed by atoms with E-state index in [9.17, 15) is 0 Å². The van der Waals surface area contributed by atoms with E-state index in [-0.39, 0.29) is 0 Å². The molecule has 0 bridgehead atoms. The lowest BCUT2D eigenvalue weighted by atomic mass is 10.2. The van der Waals surface area contributed by atoms with E-state index in [0.717, 1.165) is 0 Å². The van der Waals surface area contributed by atoms with E-state index in [4.69, 9.17) is 0 Å². The maximum Gasteiger partial charge on any atom is 0.0244 e.